The summed E-state index contributed by atoms with van der Waals surface area (Å²) >= 11 is 5.87. The van der Waals surface area contributed by atoms with Gasteiger partial charge >= 0.3 is 0 Å². The maximum atomic E-state index is 12.9. The minimum absolute atomic E-state index is 0.116. The van der Waals surface area contributed by atoms with Crippen molar-refractivity contribution in [1.29, 1.82) is 0 Å². The predicted molar refractivity (Wildman–Crippen MR) is 110 cm³/mol. The van der Waals surface area contributed by atoms with Crippen molar-refractivity contribution >= 4 is 29.1 Å². The van der Waals surface area contributed by atoms with Crippen molar-refractivity contribution in [2.75, 3.05) is 5.32 Å². The van der Waals surface area contributed by atoms with Gasteiger partial charge in [0.2, 0.25) is 5.91 Å². The zero-order valence-corrected chi connectivity index (χ0v) is 17.0. The highest BCUT2D eigenvalue weighted by molar-refractivity contribution is 6.30. The van der Waals surface area contributed by atoms with Crippen LogP contribution < -0.4 is 10.6 Å². The molecule has 1 heterocycles. The maximum Gasteiger partial charge on any atom is 0.251 e. The van der Waals surface area contributed by atoms with Crippen LogP contribution in [0.25, 0.3) is 5.69 Å². The molecular weight excluding hydrogens is 392 g/mol. The van der Waals surface area contributed by atoms with E-state index in [1.165, 1.54) is 11.0 Å². The summed E-state index contributed by atoms with van der Waals surface area (Å²) in [4.78, 5) is 25.5. The van der Waals surface area contributed by atoms with E-state index < -0.39 is 6.04 Å². The van der Waals surface area contributed by atoms with Crippen LogP contribution >= 0.6 is 11.6 Å². The van der Waals surface area contributed by atoms with Crippen molar-refractivity contribution in [3.8, 4) is 5.69 Å². The molecule has 2 aromatic carbocycles. The molecule has 1 atom stereocenters. The van der Waals surface area contributed by atoms with Crippen LogP contribution in [0, 0.1) is 12.8 Å². The third kappa shape index (κ3) is 4.97. The van der Waals surface area contributed by atoms with E-state index in [0.29, 0.717) is 22.0 Å². The van der Waals surface area contributed by atoms with Gasteiger partial charge in [0.15, 0.2) is 0 Å². The molecule has 150 valence electrons. The number of nitrogens with one attached hydrogen (secondary N) is 2. The lowest BCUT2D eigenvalue weighted by atomic mass is 10.0. The number of carbonyl (C=O) groups is 2. The molecule has 8 nitrogen and oxygen atoms in total. The van der Waals surface area contributed by atoms with Crippen LogP contribution in [0.1, 0.15) is 29.8 Å². The Hall–Kier alpha value is -3.26. The molecule has 3 rings (SSSR count). The second kappa shape index (κ2) is 8.83. The second-order valence-electron chi connectivity index (χ2n) is 6.94. The molecule has 0 fully saturated rings. The van der Waals surface area contributed by atoms with Crippen LogP contribution in [0.3, 0.4) is 0 Å². The van der Waals surface area contributed by atoms with Crippen molar-refractivity contribution < 1.29 is 9.59 Å². The van der Waals surface area contributed by atoms with Crippen LogP contribution in [0.5, 0.6) is 0 Å². The summed E-state index contributed by atoms with van der Waals surface area (Å²) in [6, 6.07) is 11.3. The molecule has 0 aliphatic heterocycles. The van der Waals surface area contributed by atoms with Gasteiger partial charge in [0, 0.05) is 16.3 Å². The quantitative estimate of drug-likeness (QED) is 0.648. The molecule has 0 radical (unpaired) electrons. The Bertz CT molecular complexity index is 1000. The van der Waals surface area contributed by atoms with E-state index in [2.05, 4.69) is 26.2 Å². The van der Waals surface area contributed by atoms with Gasteiger partial charge in [-0.25, -0.2) is 4.68 Å². The average Bonchev–Trinajstić information content (AvgIpc) is 3.22. The molecule has 2 N–H and O–H groups in total. The number of halogens is 1. The number of anilines is 1. The number of hydrogen-bond acceptors (Lipinski definition) is 5. The summed E-state index contributed by atoms with van der Waals surface area (Å²) in [5.74, 6) is -0.761. The van der Waals surface area contributed by atoms with Gasteiger partial charge in [-0.1, -0.05) is 31.5 Å². The van der Waals surface area contributed by atoms with Gasteiger partial charge in [0.25, 0.3) is 5.91 Å². The number of nitrogens with zero attached hydrogens (tertiary/aromatic N) is 4. The molecule has 1 aromatic heterocycles. The molecule has 3 aromatic rings. The Kier molecular flexibility index (Phi) is 6.23. The molecule has 0 aliphatic rings. The average molecular weight is 413 g/mol. The maximum absolute atomic E-state index is 12.9. The molecule has 29 heavy (non-hydrogen) atoms. The molecule has 1 unspecified atom stereocenters. The summed E-state index contributed by atoms with van der Waals surface area (Å²) in [5.41, 5.74) is 2.64. The molecule has 0 aliphatic carbocycles. The Morgan fingerprint density at radius 2 is 1.83 bits per heavy atom. The van der Waals surface area contributed by atoms with Crippen LogP contribution in [-0.2, 0) is 4.79 Å². The van der Waals surface area contributed by atoms with E-state index >= 15 is 0 Å². The topological polar surface area (TPSA) is 102 Å². The second-order valence-corrected chi connectivity index (χ2v) is 7.38. The van der Waals surface area contributed by atoms with Crippen molar-refractivity contribution in [1.82, 2.24) is 25.5 Å². The summed E-state index contributed by atoms with van der Waals surface area (Å²) in [5, 5.41) is 17.3. The number of tetrazole rings is 1. The number of amides is 2. The third-order valence-electron chi connectivity index (χ3n) is 4.43. The molecule has 0 spiro atoms. The minimum atomic E-state index is -0.714. The largest absolute Gasteiger partial charge is 0.340 e. The highest BCUT2D eigenvalue weighted by Crippen LogP contribution is 2.20. The molecule has 0 saturated heterocycles. The Labute approximate surface area is 173 Å². The smallest absolute Gasteiger partial charge is 0.251 e. The Balaban J connectivity index is 1.77. The summed E-state index contributed by atoms with van der Waals surface area (Å²) in [6.45, 7) is 5.63. The fourth-order valence-electron chi connectivity index (χ4n) is 2.74. The van der Waals surface area contributed by atoms with Gasteiger partial charge in [0.1, 0.15) is 12.4 Å². The number of carbonyl (C=O) groups excluding carboxylic acids is 2. The van der Waals surface area contributed by atoms with Crippen LogP contribution in [0.4, 0.5) is 5.69 Å². The molecule has 0 bridgehead atoms. The fraction of sp³-hybridized carbons (Fsp3) is 0.250. The summed E-state index contributed by atoms with van der Waals surface area (Å²) in [6.07, 6.45) is 1.47. The first-order chi connectivity index (χ1) is 13.8. The highest BCUT2D eigenvalue weighted by Gasteiger charge is 2.25. The number of aryl methyl sites for hydroxylation is 1. The lowest BCUT2D eigenvalue weighted by molar-refractivity contribution is -0.118. The Morgan fingerprint density at radius 3 is 2.45 bits per heavy atom. The lowest BCUT2D eigenvalue weighted by Crippen LogP contribution is -2.47. The van der Waals surface area contributed by atoms with Gasteiger partial charge in [0.05, 0.1) is 5.69 Å². The normalized spacial score (nSPS) is 11.9. The first kappa shape index (κ1) is 20.5. The van der Waals surface area contributed by atoms with E-state index in [-0.39, 0.29) is 17.7 Å². The zero-order valence-electron chi connectivity index (χ0n) is 16.3. The first-order valence-electron chi connectivity index (χ1n) is 9.06. The van der Waals surface area contributed by atoms with E-state index in [9.17, 15) is 9.59 Å². The number of aromatic nitrogens is 4. The third-order valence-corrected chi connectivity index (χ3v) is 4.69. The first-order valence-corrected chi connectivity index (χ1v) is 9.44. The van der Waals surface area contributed by atoms with Gasteiger partial charge in [-0.3, -0.25) is 9.59 Å². The van der Waals surface area contributed by atoms with Crippen molar-refractivity contribution in [2.24, 2.45) is 5.92 Å². The molecule has 2 amide bonds. The molecule has 0 saturated carbocycles. The van der Waals surface area contributed by atoms with E-state index in [4.69, 9.17) is 11.6 Å². The SMILES string of the molecule is Cc1ccc(-n2cnnn2)cc1NC(=O)C(NC(=O)c1ccc(Cl)cc1)C(C)C. The number of hydrogen-bond donors (Lipinski definition) is 2. The zero-order chi connectivity index (χ0) is 21.0. The van der Waals surface area contributed by atoms with Crippen LogP contribution in [0.15, 0.2) is 48.8 Å². The minimum Gasteiger partial charge on any atom is -0.340 e. The van der Waals surface area contributed by atoms with E-state index in [1.807, 2.05) is 32.9 Å². The fourth-order valence-corrected chi connectivity index (χ4v) is 2.86. The van der Waals surface area contributed by atoms with Crippen molar-refractivity contribution in [3.63, 3.8) is 0 Å². The van der Waals surface area contributed by atoms with Gasteiger partial charge in [-0.15, -0.1) is 5.10 Å². The summed E-state index contributed by atoms with van der Waals surface area (Å²) in [7, 11) is 0. The summed E-state index contributed by atoms with van der Waals surface area (Å²) < 4.78 is 1.50. The van der Waals surface area contributed by atoms with Gasteiger partial charge in [-0.2, -0.15) is 0 Å². The highest BCUT2D eigenvalue weighted by atomic mass is 35.5. The van der Waals surface area contributed by atoms with E-state index in [1.54, 1.807) is 30.3 Å². The van der Waals surface area contributed by atoms with E-state index in [0.717, 1.165) is 5.56 Å². The number of rotatable bonds is 6. The predicted octanol–water partition coefficient (Wildman–Crippen LogP) is 3.02. The van der Waals surface area contributed by atoms with Gasteiger partial charge in [-0.05, 0) is 65.2 Å². The molecular formula is C20H21ClN6O2. The van der Waals surface area contributed by atoms with Crippen LogP contribution in [0.2, 0.25) is 5.02 Å². The number of benzene rings is 2. The lowest BCUT2D eigenvalue weighted by Gasteiger charge is -2.22. The Morgan fingerprint density at radius 1 is 1.10 bits per heavy atom. The van der Waals surface area contributed by atoms with Crippen LogP contribution in [-0.4, -0.2) is 38.1 Å². The standard InChI is InChI=1S/C20H21ClN6O2/c1-12(2)18(24-19(28)14-5-7-15(21)8-6-14)20(29)23-17-10-16(9-4-13(17)3)27-11-22-25-26-27/h4-12,18H,1-3H3,(H,23,29)(H,24,28). The van der Waals surface area contributed by atoms with Gasteiger partial charge < -0.3 is 10.6 Å². The molecule has 9 heteroatoms. The van der Waals surface area contributed by atoms with Crippen molar-refractivity contribution in [2.45, 2.75) is 26.8 Å². The monoisotopic (exact) mass is 412 g/mol. The van der Waals surface area contributed by atoms with Crippen molar-refractivity contribution in [3.05, 3.63) is 64.9 Å².